The molecule has 0 saturated heterocycles. The van der Waals surface area contributed by atoms with Crippen LogP contribution in [-0.2, 0) is 9.53 Å². The van der Waals surface area contributed by atoms with E-state index in [2.05, 4.69) is 20.6 Å². The number of hydrogen-bond acceptors (Lipinski definition) is 5. The Hall–Kier alpha value is -1.11. The number of rotatable bonds is 6. The molecule has 0 aromatic carbocycles. The van der Waals surface area contributed by atoms with E-state index >= 15 is 0 Å². The number of nitrogens with zero attached hydrogens (tertiary/aromatic N) is 2. The van der Waals surface area contributed by atoms with Crippen molar-refractivity contribution in [3.8, 4) is 0 Å². The number of methoxy groups -OCH3 is 1. The molecule has 2 N–H and O–H groups in total. The lowest BCUT2D eigenvalue weighted by Gasteiger charge is -2.15. The van der Waals surface area contributed by atoms with E-state index < -0.39 is 6.04 Å². The van der Waals surface area contributed by atoms with Crippen LogP contribution >= 0.6 is 23.2 Å². The molecule has 0 spiro atoms. The zero-order chi connectivity index (χ0) is 13.5. The Labute approximate surface area is 115 Å². The Morgan fingerprint density at radius 3 is 2.94 bits per heavy atom. The van der Waals surface area contributed by atoms with Gasteiger partial charge in [0.1, 0.15) is 11.1 Å². The second-order valence-corrected chi connectivity index (χ2v) is 4.23. The molecular weight excluding hydrogens is 279 g/mol. The molecule has 1 heterocycles. The van der Waals surface area contributed by atoms with Crippen molar-refractivity contribution in [2.75, 3.05) is 25.6 Å². The zero-order valence-electron chi connectivity index (χ0n) is 10.0. The summed E-state index contributed by atoms with van der Waals surface area (Å²) in [6, 6.07) is -0.495. The van der Waals surface area contributed by atoms with Crippen molar-refractivity contribution in [3.05, 3.63) is 16.5 Å². The van der Waals surface area contributed by atoms with Crippen LogP contribution in [0.15, 0.2) is 6.20 Å². The maximum Gasteiger partial charge on any atom is 0.242 e. The molecule has 1 atom stereocenters. The normalized spacial score (nSPS) is 12.0. The van der Waals surface area contributed by atoms with Crippen molar-refractivity contribution in [2.24, 2.45) is 0 Å². The lowest BCUT2D eigenvalue weighted by atomic mass is 10.3. The summed E-state index contributed by atoms with van der Waals surface area (Å²) in [6.45, 7) is 2.59. The molecule has 1 rings (SSSR count). The molecule has 0 bridgehead atoms. The summed E-state index contributed by atoms with van der Waals surface area (Å²) in [4.78, 5) is 19.3. The highest BCUT2D eigenvalue weighted by molar-refractivity contribution is 6.33. The number of amides is 1. The Bertz CT molecular complexity index is 417. The van der Waals surface area contributed by atoms with E-state index in [9.17, 15) is 4.79 Å². The van der Waals surface area contributed by atoms with Crippen LogP contribution in [0.1, 0.15) is 6.92 Å². The number of hydrogen-bond donors (Lipinski definition) is 2. The van der Waals surface area contributed by atoms with Crippen molar-refractivity contribution >= 4 is 34.9 Å². The van der Waals surface area contributed by atoms with Gasteiger partial charge in [-0.2, -0.15) is 4.98 Å². The fourth-order valence-corrected chi connectivity index (χ4v) is 1.43. The Morgan fingerprint density at radius 1 is 1.56 bits per heavy atom. The average molecular weight is 293 g/mol. The summed E-state index contributed by atoms with van der Waals surface area (Å²) in [5.41, 5.74) is 0. The van der Waals surface area contributed by atoms with Gasteiger partial charge in [-0.3, -0.25) is 4.79 Å². The van der Waals surface area contributed by atoms with E-state index in [0.717, 1.165) is 0 Å². The van der Waals surface area contributed by atoms with Crippen LogP contribution in [0.3, 0.4) is 0 Å². The van der Waals surface area contributed by atoms with Crippen LogP contribution in [-0.4, -0.2) is 42.2 Å². The first-order valence-corrected chi connectivity index (χ1v) is 6.01. The number of carbonyl (C=O) groups excluding carboxylic acids is 1. The molecule has 1 amide bonds. The van der Waals surface area contributed by atoms with Gasteiger partial charge in [0.25, 0.3) is 0 Å². The third-order valence-corrected chi connectivity index (χ3v) is 2.53. The molecule has 6 nitrogen and oxygen atoms in total. The smallest absolute Gasteiger partial charge is 0.242 e. The van der Waals surface area contributed by atoms with Crippen molar-refractivity contribution in [3.63, 3.8) is 0 Å². The van der Waals surface area contributed by atoms with Crippen molar-refractivity contribution < 1.29 is 9.53 Å². The van der Waals surface area contributed by atoms with Gasteiger partial charge in [-0.1, -0.05) is 11.6 Å². The van der Waals surface area contributed by atoms with Crippen LogP contribution in [0.25, 0.3) is 0 Å². The number of halogens is 2. The lowest BCUT2D eigenvalue weighted by molar-refractivity contribution is -0.121. The van der Waals surface area contributed by atoms with E-state index in [1.807, 2.05) is 0 Å². The molecule has 0 aliphatic carbocycles. The molecule has 1 aromatic rings. The number of anilines is 1. The summed E-state index contributed by atoms with van der Waals surface area (Å²) in [5, 5.41) is 5.91. The van der Waals surface area contributed by atoms with Gasteiger partial charge in [0, 0.05) is 13.7 Å². The van der Waals surface area contributed by atoms with Crippen molar-refractivity contribution in [1.82, 2.24) is 15.3 Å². The molecule has 8 heteroatoms. The zero-order valence-corrected chi connectivity index (χ0v) is 11.5. The topological polar surface area (TPSA) is 76.1 Å². The van der Waals surface area contributed by atoms with Gasteiger partial charge in [-0.25, -0.2) is 4.98 Å². The molecule has 100 valence electrons. The highest BCUT2D eigenvalue weighted by atomic mass is 35.5. The Balaban J connectivity index is 2.55. The number of ether oxygens (including phenoxy) is 1. The SMILES string of the molecule is COCCNC(=O)C(C)Nc1nc(Cl)ncc1Cl. The van der Waals surface area contributed by atoms with Crippen LogP contribution in [0.2, 0.25) is 10.3 Å². The summed E-state index contributed by atoms with van der Waals surface area (Å²) < 4.78 is 4.83. The third-order valence-electron chi connectivity index (χ3n) is 2.07. The first-order valence-electron chi connectivity index (χ1n) is 5.25. The average Bonchev–Trinajstić information content (AvgIpc) is 2.34. The minimum atomic E-state index is -0.495. The quantitative estimate of drug-likeness (QED) is 0.611. The predicted octanol–water partition coefficient (Wildman–Crippen LogP) is 1.35. The van der Waals surface area contributed by atoms with Gasteiger partial charge in [-0.15, -0.1) is 0 Å². The highest BCUT2D eigenvalue weighted by Gasteiger charge is 2.14. The molecule has 1 unspecified atom stereocenters. The first-order chi connectivity index (χ1) is 8.54. The van der Waals surface area contributed by atoms with E-state index in [4.69, 9.17) is 27.9 Å². The second-order valence-electron chi connectivity index (χ2n) is 3.49. The standard InChI is InChI=1S/C10H14Cl2N4O2/c1-6(9(17)13-3-4-18-2)15-8-7(11)5-14-10(12)16-8/h5-6H,3-4H2,1-2H3,(H,13,17)(H,14,15,16). The van der Waals surface area contributed by atoms with E-state index in [-0.39, 0.29) is 11.2 Å². The van der Waals surface area contributed by atoms with Gasteiger partial charge in [0.05, 0.1) is 12.8 Å². The van der Waals surface area contributed by atoms with E-state index in [1.165, 1.54) is 6.20 Å². The van der Waals surface area contributed by atoms with Gasteiger partial charge < -0.3 is 15.4 Å². The summed E-state index contributed by atoms with van der Waals surface area (Å²) >= 11 is 11.5. The van der Waals surface area contributed by atoms with E-state index in [0.29, 0.717) is 24.0 Å². The number of nitrogens with one attached hydrogen (secondary N) is 2. The van der Waals surface area contributed by atoms with Gasteiger partial charge in [0.15, 0.2) is 5.82 Å². The van der Waals surface area contributed by atoms with Crippen LogP contribution in [0.5, 0.6) is 0 Å². The van der Waals surface area contributed by atoms with Gasteiger partial charge >= 0.3 is 0 Å². The molecule has 1 aromatic heterocycles. The number of aromatic nitrogens is 2. The monoisotopic (exact) mass is 292 g/mol. The minimum absolute atomic E-state index is 0.0638. The van der Waals surface area contributed by atoms with Crippen LogP contribution < -0.4 is 10.6 Å². The second kappa shape index (κ2) is 7.35. The minimum Gasteiger partial charge on any atom is -0.383 e. The summed E-state index contributed by atoms with van der Waals surface area (Å²) in [7, 11) is 1.57. The Kier molecular flexibility index (Phi) is 6.11. The number of carbonyl (C=O) groups is 1. The molecule has 18 heavy (non-hydrogen) atoms. The molecule has 0 fully saturated rings. The molecular formula is C10H14Cl2N4O2. The fourth-order valence-electron chi connectivity index (χ4n) is 1.15. The molecule has 0 aliphatic rings. The molecule has 0 radical (unpaired) electrons. The van der Waals surface area contributed by atoms with Crippen LogP contribution in [0.4, 0.5) is 5.82 Å². The fraction of sp³-hybridized carbons (Fsp3) is 0.500. The predicted molar refractivity (Wildman–Crippen MR) is 70.0 cm³/mol. The van der Waals surface area contributed by atoms with Gasteiger partial charge in [-0.05, 0) is 18.5 Å². The van der Waals surface area contributed by atoms with Crippen molar-refractivity contribution in [2.45, 2.75) is 13.0 Å². The maximum absolute atomic E-state index is 11.7. The highest BCUT2D eigenvalue weighted by Crippen LogP contribution is 2.19. The first kappa shape index (κ1) is 14.9. The summed E-state index contributed by atoms with van der Waals surface area (Å²) in [5.74, 6) is 0.143. The Morgan fingerprint density at radius 2 is 2.28 bits per heavy atom. The molecule has 0 aliphatic heterocycles. The summed E-state index contributed by atoms with van der Waals surface area (Å²) in [6.07, 6.45) is 1.37. The third kappa shape index (κ3) is 4.64. The largest absolute Gasteiger partial charge is 0.383 e. The molecule has 0 saturated carbocycles. The van der Waals surface area contributed by atoms with Crippen LogP contribution in [0, 0.1) is 0 Å². The van der Waals surface area contributed by atoms with Gasteiger partial charge in [0.2, 0.25) is 11.2 Å². The van der Waals surface area contributed by atoms with E-state index in [1.54, 1.807) is 14.0 Å². The lowest BCUT2D eigenvalue weighted by Crippen LogP contribution is -2.39. The maximum atomic E-state index is 11.7. The van der Waals surface area contributed by atoms with Crippen molar-refractivity contribution in [1.29, 1.82) is 0 Å².